The van der Waals surface area contributed by atoms with Gasteiger partial charge in [-0.1, -0.05) is 0 Å². The Morgan fingerprint density at radius 3 is 2.54 bits per heavy atom. The molecule has 222 valence electrons. The number of ether oxygens (including phenoxy) is 1. The van der Waals surface area contributed by atoms with E-state index in [1.165, 1.54) is 36.1 Å². The number of methoxy groups -OCH3 is 1. The van der Waals surface area contributed by atoms with Crippen LogP contribution in [-0.4, -0.2) is 61.8 Å². The molecule has 1 atom stereocenters. The van der Waals surface area contributed by atoms with Crippen LogP contribution in [-0.2, 0) is 30.3 Å². The largest absolute Gasteiger partial charge is 0.417 e. The predicted octanol–water partition coefficient (Wildman–Crippen LogP) is 3.22. The van der Waals surface area contributed by atoms with Crippen LogP contribution in [0.4, 0.5) is 13.2 Å². The number of amides is 2. The molecular formula is C26H29F3N4O6S2. The van der Waals surface area contributed by atoms with Crippen molar-refractivity contribution in [1.82, 2.24) is 20.2 Å². The molecule has 1 unspecified atom stereocenters. The molecule has 1 aliphatic carbocycles. The van der Waals surface area contributed by atoms with E-state index < -0.39 is 50.9 Å². The molecule has 0 saturated heterocycles. The number of benzene rings is 1. The number of nitrogens with one attached hydrogen (secondary N) is 2. The summed E-state index contributed by atoms with van der Waals surface area (Å²) in [4.78, 5) is 41.6. The van der Waals surface area contributed by atoms with Gasteiger partial charge in [-0.25, -0.2) is 13.4 Å². The lowest BCUT2D eigenvalue weighted by molar-refractivity contribution is -0.137. The second-order valence-electron chi connectivity index (χ2n) is 9.97. The zero-order valence-corrected chi connectivity index (χ0v) is 24.1. The molecule has 2 N–H and O–H groups in total. The summed E-state index contributed by atoms with van der Waals surface area (Å²) in [6.45, 7) is 2.75. The molecule has 2 amide bonds. The lowest BCUT2D eigenvalue weighted by atomic mass is 10.00. The molecule has 2 aromatic heterocycles. The SMILES string of the molecule is COCCS(=O)(=O)C(C(=O)NCC(=O)NC1CC1)c1nc2cc(C(F)(F)F)c(-c3ccc(=O)n(C(C)C)c3)cc2s1. The quantitative estimate of drug-likeness (QED) is 0.339. The third kappa shape index (κ3) is 7.13. The summed E-state index contributed by atoms with van der Waals surface area (Å²) in [7, 11) is -2.96. The number of rotatable bonds is 11. The van der Waals surface area contributed by atoms with Crippen LogP contribution < -0.4 is 16.2 Å². The van der Waals surface area contributed by atoms with Gasteiger partial charge in [0.25, 0.3) is 5.56 Å². The number of hydrogen-bond acceptors (Lipinski definition) is 8. The Morgan fingerprint density at radius 1 is 1.22 bits per heavy atom. The van der Waals surface area contributed by atoms with Crippen molar-refractivity contribution in [3.63, 3.8) is 0 Å². The number of pyridine rings is 1. The smallest absolute Gasteiger partial charge is 0.384 e. The standard InChI is InChI=1S/C26H29F3N4O6S2/c1-14(2)33-13-15(4-7-22(33)35)17-10-20-19(11-18(17)26(27,28)29)32-25(40-20)23(41(37,38)9-8-39-3)24(36)30-12-21(34)31-16-5-6-16/h4,7,10-11,13-14,16,23H,5-6,8-9,12H2,1-3H3,(H,30,36)(H,31,34). The first-order chi connectivity index (χ1) is 19.2. The molecule has 4 rings (SSSR count). The van der Waals surface area contributed by atoms with Crippen LogP contribution in [0.2, 0.25) is 0 Å². The Kier molecular flexibility index (Phi) is 8.90. The topological polar surface area (TPSA) is 136 Å². The predicted molar refractivity (Wildman–Crippen MR) is 147 cm³/mol. The summed E-state index contributed by atoms with van der Waals surface area (Å²) in [5.74, 6) is -2.06. The molecule has 0 radical (unpaired) electrons. The van der Waals surface area contributed by atoms with E-state index in [-0.39, 0.29) is 50.6 Å². The van der Waals surface area contributed by atoms with E-state index in [0.717, 1.165) is 30.2 Å². The molecule has 0 spiro atoms. The number of sulfone groups is 1. The van der Waals surface area contributed by atoms with Crippen LogP contribution >= 0.6 is 11.3 Å². The van der Waals surface area contributed by atoms with Crippen molar-refractivity contribution in [3.05, 3.63) is 51.4 Å². The van der Waals surface area contributed by atoms with E-state index in [1.807, 2.05) is 0 Å². The van der Waals surface area contributed by atoms with Crippen LogP contribution in [0.15, 0.2) is 35.3 Å². The monoisotopic (exact) mass is 614 g/mol. The summed E-state index contributed by atoms with van der Waals surface area (Å²) < 4.78 is 75.3. The number of alkyl halides is 3. The van der Waals surface area contributed by atoms with Gasteiger partial charge in [-0.05, 0) is 56.0 Å². The summed E-state index contributed by atoms with van der Waals surface area (Å²) in [5.41, 5.74) is -1.65. The van der Waals surface area contributed by atoms with Crippen LogP contribution in [0, 0.1) is 0 Å². The average Bonchev–Trinajstić information content (AvgIpc) is 3.61. The van der Waals surface area contributed by atoms with Crippen molar-refractivity contribution in [1.29, 1.82) is 0 Å². The molecule has 41 heavy (non-hydrogen) atoms. The molecule has 1 fully saturated rings. The second-order valence-corrected chi connectivity index (χ2v) is 13.2. The number of fused-ring (bicyclic) bond motifs is 1. The lowest BCUT2D eigenvalue weighted by Crippen LogP contribution is -2.42. The highest BCUT2D eigenvalue weighted by molar-refractivity contribution is 7.92. The van der Waals surface area contributed by atoms with Crippen LogP contribution in [0.3, 0.4) is 0 Å². The minimum Gasteiger partial charge on any atom is -0.384 e. The molecule has 15 heteroatoms. The maximum Gasteiger partial charge on any atom is 0.417 e. The minimum atomic E-state index is -4.80. The zero-order chi connectivity index (χ0) is 30.1. The first kappa shape index (κ1) is 30.7. The summed E-state index contributed by atoms with van der Waals surface area (Å²) >= 11 is 0.762. The number of carbonyl (C=O) groups excluding carboxylic acids is 2. The van der Waals surface area contributed by atoms with Crippen molar-refractivity contribution in [2.24, 2.45) is 0 Å². The molecule has 3 aromatic rings. The van der Waals surface area contributed by atoms with Gasteiger partial charge in [0.2, 0.25) is 11.8 Å². The molecule has 0 bridgehead atoms. The number of halogens is 3. The van der Waals surface area contributed by atoms with Gasteiger partial charge >= 0.3 is 6.18 Å². The van der Waals surface area contributed by atoms with Crippen molar-refractivity contribution in [2.75, 3.05) is 26.0 Å². The average molecular weight is 615 g/mol. The van der Waals surface area contributed by atoms with Gasteiger partial charge in [0.15, 0.2) is 15.1 Å². The number of carbonyl (C=O) groups is 2. The number of aromatic nitrogens is 2. The van der Waals surface area contributed by atoms with Gasteiger partial charge in [-0.2, -0.15) is 13.2 Å². The van der Waals surface area contributed by atoms with E-state index in [0.29, 0.717) is 0 Å². The van der Waals surface area contributed by atoms with Crippen molar-refractivity contribution in [3.8, 4) is 11.1 Å². The van der Waals surface area contributed by atoms with E-state index in [4.69, 9.17) is 4.74 Å². The van der Waals surface area contributed by atoms with Gasteiger partial charge in [-0.3, -0.25) is 14.4 Å². The normalized spacial score (nSPS) is 14.8. The highest BCUT2D eigenvalue weighted by atomic mass is 32.2. The second kappa shape index (κ2) is 11.9. The Balaban J connectivity index is 1.79. The zero-order valence-electron chi connectivity index (χ0n) is 22.4. The first-order valence-corrected chi connectivity index (χ1v) is 15.3. The number of hydrogen-bond donors (Lipinski definition) is 2. The van der Waals surface area contributed by atoms with E-state index in [2.05, 4.69) is 15.6 Å². The van der Waals surface area contributed by atoms with Gasteiger partial charge in [0, 0.05) is 31.5 Å². The fraction of sp³-hybridized carbons (Fsp3) is 0.462. The van der Waals surface area contributed by atoms with Crippen molar-refractivity contribution >= 4 is 43.2 Å². The van der Waals surface area contributed by atoms with Crippen LogP contribution in [0.25, 0.3) is 21.3 Å². The summed E-state index contributed by atoms with van der Waals surface area (Å²) in [5, 5.41) is 2.88. The Morgan fingerprint density at radius 2 is 1.93 bits per heavy atom. The fourth-order valence-electron chi connectivity index (χ4n) is 4.16. The van der Waals surface area contributed by atoms with E-state index in [9.17, 15) is 36.0 Å². The first-order valence-electron chi connectivity index (χ1n) is 12.7. The van der Waals surface area contributed by atoms with Crippen LogP contribution in [0.1, 0.15) is 48.6 Å². The molecule has 1 aliphatic rings. The lowest BCUT2D eigenvalue weighted by Gasteiger charge is -2.16. The highest BCUT2D eigenvalue weighted by Crippen LogP contribution is 2.42. The number of nitrogens with zero attached hydrogens (tertiary/aromatic N) is 2. The molecule has 1 saturated carbocycles. The van der Waals surface area contributed by atoms with Gasteiger partial charge in [0.05, 0.1) is 34.7 Å². The van der Waals surface area contributed by atoms with E-state index >= 15 is 0 Å². The Labute approximate surface area is 237 Å². The molecule has 10 nitrogen and oxygen atoms in total. The van der Waals surface area contributed by atoms with Crippen molar-refractivity contribution < 1.29 is 35.9 Å². The van der Waals surface area contributed by atoms with Gasteiger partial charge < -0.3 is 19.9 Å². The summed E-state index contributed by atoms with van der Waals surface area (Å²) in [6.07, 6.45) is -1.83. The number of thiazole rings is 1. The maximum atomic E-state index is 14.2. The van der Waals surface area contributed by atoms with E-state index in [1.54, 1.807) is 13.8 Å². The third-order valence-electron chi connectivity index (χ3n) is 6.41. The van der Waals surface area contributed by atoms with Crippen LogP contribution in [0.5, 0.6) is 0 Å². The molecular weight excluding hydrogens is 585 g/mol. The maximum absolute atomic E-state index is 14.2. The summed E-state index contributed by atoms with van der Waals surface area (Å²) in [6, 6.07) is 4.22. The highest BCUT2D eigenvalue weighted by Gasteiger charge is 2.39. The Hall–Kier alpha value is -3.30. The third-order valence-corrected chi connectivity index (χ3v) is 9.54. The van der Waals surface area contributed by atoms with Gasteiger partial charge in [-0.15, -0.1) is 11.3 Å². The minimum absolute atomic E-state index is 0.0294. The molecule has 0 aliphatic heterocycles. The molecule has 1 aromatic carbocycles. The van der Waals surface area contributed by atoms with Gasteiger partial charge in [0.1, 0.15) is 5.01 Å². The van der Waals surface area contributed by atoms with Crippen molar-refractivity contribution in [2.45, 2.75) is 50.2 Å². The Bertz CT molecular complexity index is 1630. The fourth-order valence-corrected chi connectivity index (χ4v) is 7.11. The molecule has 2 heterocycles.